The fourth-order valence-electron chi connectivity index (χ4n) is 2.50. The Balaban J connectivity index is 2.01. The molecule has 2 aromatic rings. The molecule has 0 spiro atoms. The summed E-state index contributed by atoms with van der Waals surface area (Å²) >= 11 is 0. The van der Waals surface area contributed by atoms with Crippen LogP contribution in [-0.2, 0) is 20.1 Å². The van der Waals surface area contributed by atoms with Crippen molar-refractivity contribution in [3.05, 3.63) is 41.7 Å². The van der Waals surface area contributed by atoms with Crippen LogP contribution in [0.2, 0.25) is 0 Å². The van der Waals surface area contributed by atoms with Gasteiger partial charge in [-0.25, -0.2) is 0 Å². The van der Waals surface area contributed by atoms with Crippen LogP contribution in [0.5, 0.6) is 17.2 Å². The Hall–Kier alpha value is -2.83. The van der Waals surface area contributed by atoms with Crippen LogP contribution in [0.4, 0.5) is 0 Å². The summed E-state index contributed by atoms with van der Waals surface area (Å²) in [5, 5.41) is 6.57. The van der Waals surface area contributed by atoms with Gasteiger partial charge in [0.25, 0.3) is 0 Å². The number of nitrogens with one attached hydrogen (secondary N) is 2. The van der Waals surface area contributed by atoms with E-state index in [1.165, 1.54) is 5.56 Å². The Bertz CT molecular complexity index is 700. The number of aliphatic imine (C=N–C) groups is 1. The van der Waals surface area contributed by atoms with Crippen LogP contribution in [0.15, 0.2) is 35.6 Å². The molecule has 0 bridgehead atoms. The van der Waals surface area contributed by atoms with Crippen molar-refractivity contribution < 1.29 is 14.2 Å². The van der Waals surface area contributed by atoms with Gasteiger partial charge >= 0.3 is 0 Å². The first-order valence-corrected chi connectivity index (χ1v) is 7.95. The molecule has 7 nitrogen and oxygen atoms in total. The molecule has 1 aromatic carbocycles. The minimum Gasteiger partial charge on any atom is -0.493 e. The third-order valence-corrected chi connectivity index (χ3v) is 3.76. The smallest absolute Gasteiger partial charge is 0.203 e. The monoisotopic (exact) mass is 346 g/mol. The van der Waals surface area contributed by atoms with Crippen LogP contribution in [0.1, 0.15) is 11.1 Å². The van der Waals surface area contributed by atoms with Crippen molar-refractivity contribution >= 4 is 5.96 Å². The number of aromatic nitrogens is 1. The molecule has 2 N–H and O–H groups in total. The van der Waals surface area contributed by atoms with E-state index in [-0.39, 0.29) is 0 Å². The van der Waals surface area contributed by atoms with Gasteiger partial charge in [0.05, 0.1) is 21.3 Å². The number of aryl methyl sites for hydroxylation is 1. The lowest BCUT2D eigenvalue weighted by atomic mass is 10.2. The predicted molar refractivity (Wildman–Crippen MR) is 98.5 cm³/mol. The molecule has 2 rings (SSSR count). The summed E-state index contributed by atoms with van der Waals surface area (Å²) in [7, 11) is 8.55. The molecule has 0 atom stereocenters. The molecule has 0 saturated heterocycles. The highest BCUT2D eigenvalue weighted by Crippen LogP contribution is 2.38. The summed E-state index contributed by atoms with van der Waals surface area (Å²) in [5.41, 5.74) is 2.19. The average molecular weight is 346 g/mol. The normalized spacial score (nSPS) is 11.2. The SMILES string of the molecule is CN=C(NCc1cc(OC)c(OC)c(OC)c1)NCc1ccn(C)c1. The van der Waals surface area contributed by atoms with Crippen LogP contribution in [0, 0.1) is 0 Å². The molecule has 0 aliphatic carbocycles. The van der Waals surface area contributed by atoms with E-state index in [9.17, 15) is 0 Å². The molecule has 0 fully saturated rings. The molecule has 0 aliphatic heterocycles. The van der Waals surface area contributed by atoms with Crippen molar-refractivity contribution in [1.82, 2.24) is 15.2 Å². The topological polar surface area (TPSA) is 69.0 Å². The maximum absolute atomic E-state index is 5.38. The number of nitrogens with zero attached hydrogens (tertiary/aromatic N) is 2. The molecule has 0 unspecified atom stereocenters. The first-order chi connectivity index (χ1) is 12.1. The van der Waals surface area contributed by atoms with Crippen molar-refractivity contribution in [1.29, 1.82) is 0 Å². The Morgan fingerprint density at radius 3 is 2.04 bits per heavy atom. The van der Waals surface area contributed by atoms with E-state index in [0.717, 1.165) is 11.5 Å². The highest BCUT2D eigenvalue weighted by Gasteiger charge is 2.13. The third kappa shape index (κ3) is 4.82. The molecule has 0 aliphatic rings. The van der Waals surface area contributed by atoms with E-state index < -0.39 is 0 Å². The van der Waals surface area contributed by atoms with Gasteiger partial charge in [0, 0.05) is 39.6 Å². The first kappa shape index (κ1) is 18.5. The first-order valence-electron chi connectivity index (χ1n) is 7.95. The second kappa shape index (κ2) is 8.86. The largest absolute Gasteiger partial charge is 0.493 e. The molecule has 7 heteroatoms. The zero-order valence-corrected chi connectivity index (χ0v) is 15.4. The van der Waals surface area contributed by atoms with Gasteiger partial charge in [-0.05, 0) is 29.3 Å². The maximum Gasteiger partial charge on any atom is 0.203 e. The predicted octanol–water partition coefficient (Wildman–Crippen LogP) is 1.92. The summed E-state index contributed by atoms with van der Waals surface area (Å²) in [6.07, 6.45) is 4.09. The minimum absolute atomic E-state index is 0.575. The minimum atomic E-state index is 0.575. The van der Waals surface area contributed by atoms with Crippen molar-refractivity contribution in [3.63, 3.8) is 0 Å². The number of guanidine groups is 1. The highest BCUT2D eigenvalue weighted by atomic mass is 16.5. The summed E-state index contributed by atoms with van der Waals surface area (Å²) in [5.74, 6) is 2.56. The molecule has 0 radical (unpaired) electrons. The standard InChI is InChI=1S/C18H26N4O3/c1-19-18(20-10-13-6-7-22(2)12-13)21-11-14-8-15(23-3)17(25-5)16(9-14)24-4/h6-9,12H,10-11H2,1-5H3,(H2,19,20,21). The van der Waals surface area contributed by atoms with Crippen LogP contribution in [0.25, 0.3) is 0 Å². The molecular weight excluding hydrogens is 320 g/mol. The fraction of sp³-hybridized carbons (Fsp3) is 0.389. The van der Waals surface area contributed by atoms with Crippen molar-refractivity contribution in [2.75, 3.05) is 28.4 Å². The van der Waals surface area contributed by atoms with Gasteiger partial charge in [0.1, 0.15) is 0 Å². The van der Waals surface area contributed by atoms with Gasteiger partial charge in [-0.15, -0.1) is 0 Å². The van der Waals surface area contributed by atoms with Crippen LogP contribution >= 0.6 is 0 Å². The summed E-state index contributed by atoms with van der Waals surface area (Å²) in [4.78, 5) is 4.24. The van der Waals surface area contributed by atoms with Gasteiger partial charge in [-0.1, -0.05) is 0 Å². The van der Waals surface area contributed by atoms with Crippen LogP contribution in [0.3, 0.4) is 0 Å². The maximum atomic E-state index is 5.38. The lowest BCUT2D eigenvalue weighted by Crippen LogP contribution is -2.36. The van der Waals surface area contributed by atoms with Gasteiger partial charge < -0.3 is 29.4 Å². The quantitative estimate of drug-likeness (QED) is 0.592. The zero-order chi connectivity index (χ0) is 18.2. The average Bonchev–Trinajstić information content (AvgIpc) is 3.06. The fourth-order valence-corrected chi connectivity index (χ4v) is 2.50. The summed E-state index contributed by atoms with van der Waals surface area (Å²) in [6.45, 7) is 1.28. The molecule has 1 heterocycles. The number of hydrogen-bond acceptors (Lipinski definition) is 4. The van der Waals surface area contributed by atoms with E-state index >= 15 is 0 Å². The van der Waals surface area contributed by atoms with E-state index in [0.29, 0.717) is 30.3 Å². The van der Waals surface area contributed by atoms with E-state index in [4.69, 9.17) is 14.2 Å². The molecule has 0 saturated carbocycles. The number of hydrogen-bond donors (Lipinski definition) is 2. The Morgan fingerprint density at radius 1 is 1.00 bits per heavy atom. The lowest BCUT2D eigenvalue weighted by Gasteiger charge is -2.15. The highest BCUT2D eigenvalue weighted by molar-refractivity contribution is 5.79. The summed E-state index contributed by atoms with van der Waals surface area (Å²) in [6, 6.07) is 5.90. The Kier molecular flexibility index (Phi) is 6.56. The molecule has 136 valence electrons. The van der Waals surface area contributed by atoms with Gasteiger partial charge in [0.2, 0.25) is 5.75 Å². The van der Waals surface area contributed by atoms with Gasteiger partial charge in [0.15, 0.2) is 17.5 Å². The number of methoxy groups -OCH3 is 3. The Morgan fingerprint density at radius 2 is 1.60 bits per heavy atom. The van der Waals surface area contributed by atoms with Crippen LogP contribution < -0.4 is 24.8 Å². The number of benzene rings is 1. The second-order valence-electron chi connectivity index (χ2n) is 5.50. The van der Waals surface area contributed by atoms with Gasteiger partial charge in [-0.3, -0.25) is 4.99 Å². The van der Waals surface area contributed by atoms with E-state index in [2.05, 4.69) is 27.9 Å². The molecule has 1 aromatic heterocycles. The zero-order valence-electron chi connectivity index (χ0n) is 15.4. The van der Waals surface area contributed by atoms with E-state index in [1.54, 1.807) is 28.4 Å². The van der Waals surface area contributed by atoms with Gasteiger partial charge in [-0.2, -0.15) is 0 Å². The van der Waals surface area contributed by atoms with Crippen molar-refractivity contribution in [3.8, 4) is 17.2 Å². The van der Waals surface area contributed by atoms with E-state index in [1.807, 2.05) is 29.9 Å². The number of rotatable bonds is 7. The van der Waals surface area contributed by atoms with Crippen molar-refractivity contribution in [2.24, 2.45) is 12.0 Å². The lowest BCUT2D eigenvalue weighted by molar-refractivity contribution is 0.323. The second-order valence-corrected chi connectivity index (χ2v) is 5.50. The van der Waals surface area contributed by atoms with Crippen molar-refractivity contribution in [2.45, 2.75) is 13.1 Å². The summed E-state index contributed by atoms with van der Waals surface area (Å²) < 4.78 is 18.1. The molecule has 0 amide bonds. The molecule has 25 heavy (non-hydrogen) atoms. The molecular formula is C18H26N4O3. The van der Waals surface area contributed by atoms with Crippen LogP contribution in [-0.4, -0.2) is 38.9 Å². The Labute approximate surface area is 148 Å². The number of ether oxygens (including phenoxy) is 3. The third-order valence-electron chi connectivity index (χ3n) is 3.76.